The van der Waals surface area contributed by atoms with E-state index >= 15 is 0 Å². The number of anilines is 1. The number of hydrogen-bond donors (Lipinski definition) is 1. The number of nitrogens with zero attached hydrogens (tertiary/aromatic N) is 3. The second-order valence-electron chi connectivity index (χ2n) is 7.29. The van der Waals surface area contributed by atoms with E-state index in [1.54, 1.807) is 17.7 Å². The van der Waals surface area contributed by atoms with Crippen molar-refractivity contribution in [3.05, 3.63) is 23.1 Å². The lowest BCUT2D eigenvalue weighted by Crippen LogP contribution is -2.03. The van der Waals surface area contributed by atoms with Gasteiger partial charge < -0.3 is 5.32 Å². The molecular weight excluding hydrogens is 340 g/mol. The second kappa shape index (κ2) is 7.87. The van der Waals surface area contributed by atoms with E-state index < -0.39 is 0 Å². The van der Waals surface area contributed by atoms with Crippen molar-refractivity contribution in [2.24, 2.45) is 0 Å². The van der Waals surface area contributed by atoms with Gasteiger partial charge in [-0.25, -0.2) is 15.0 Å². The van der Waals surface area contributed by atoms with Crippen molar-refractivity contribution in [1.29, 1.82) is 0 Å². The highest BCUT2D eigenvalue weighted by atomic mass is 32.1. The molecule has 3 aromatic rings. The normalized spacial score (nSPS) is 13.6. The van der Waals surface area contributed by atoms with E-state index in [9.17, 15) is 0 Å². The Balaban J connectivity index is 1.78. The first-order valence-corrected chi connectivity index (χ1v) is 11.0. The van der Waals surface area contributed by atoms with Gasteiger partial charge in [0.25, 0.3) is 0 Å². The zero-order valence-electron chi connectivity index (χ0n) is 15.9. The van der Waals surface area contributed by atoms with Crippen LogP contribution in [0.5, 0.6) is 0 Å². The van der Waals surface area contributed by atoms with Crippen molar-refractivity contribution in [2.45, 2.75) is 71.6 Å². The van der Waals surface area contributed by atoms with Crippen molar-refractivity contribution in [2.75, 3.05) is 11.9 Å². The molecule has 26 heavy (non-hydrogen) atoms. The maximum absolute atomic E-state index is 5.10. The van der Waals surface area contributed by atoms with Gasteiger partial charge in [0.05, 0.1) is 10.2 Å². The third-order valence-electron chi connectivity index (χ3n) is 5.40. The number of fused-ring (bicyclic) bond motifs is 5. The Kier molecular flexibility index (Phi) is 5.34. The highest BCUT2D eigenvalue weighted by Crippen LogP contribution is 2.41. The van der Waals surface area contributed by atoms with Crippen LogP contribution in [-0.2, 0) is 19.3 Å². The number of rotatable bonds is 8. The summed E-state index contributed by atoms with van der Waals surface area (Å²) in [5, 5.41) is 4.83. The maximum atomic E-state index is 5.10. The predicted octanol–water partition coefficient (Wildman–Crippen LogP) is 5.67. The summed E-state index contributed by atoms with van der Waals surface area (Å²) < 4.78 is 1.17. The van der Waals surface area contributed by atoms with Gasteiger partial charge in [-0.15, -0.1) is 11.3 Å². The molecule has 0 aromatic carbocycles. The van der Waals surface area contributed by atoms with Crippen LogP contribution in [0.2, 0.25) is 0 Å². The minimum absolute atomic E-state index is 0.974. The number of pyridine rings is 1. The first-order valence-electron chi connectivity index (χ1n) is 10.1. The van der Waals surface area contributed by atoms with Crippen molar-refractivity contribution in [3.63, 3.8) is 0 Å². The van der Waals surface area contributed by atoms with E-state index in [0.717, 1.165) is 29.1 Å². The quantitative estimate of drug-likeness (QED) is 0.520. The molecule has 0 unspecified atom stereocenters. The molecule has 0 aliphatic heterocycles. The summed E-state index contributed by atoms with van der Waals surface area (Å²) >= 11 is 1.77. The van der Waals surface area contributed by atoms with Gasteiger partial charge in [0.15, 0.2) is 0 Å². The SMILES string of the molecule is CCCCCNc1ncnc2c1sc1nc(CCCC)c3c(c12)CCC3. The fourth-order valence-electron chi connectivity index (χ4n) is 4.04. The average Bonchev–Trinajstić information content (AvgIpc) is 3.27. The zero-order chi connectivity index (χ0) is 17.9. The third-order valence-corrected chi connectivity index (χ3v) is 6.48. The molecule has 0 saturated heterocycles. The maximum Gasteiger partial charge on any atom is 0.147 e. The number of unbranched alkanes of at least 4 members (excludes halogenated alkanes) is 3. The Morgan fingerprint density at radius 2 is 1.88 bits per heavy atom. The van der Waals surface area contributed by atoms with E-state index in [0.29, 0.717) is 0 Å². The summed E-state index contributed by atoms with van der Waals surface area (Å²) in [5.41, 5.74) is 5.47. The minimum Gasteiger partial charge on any atom is -0.369 e. The number of nitrogens with one attached hydrogen (secondary N) is 1. The first kappa shape index (κ1) is 17.7. The molecule has 1 aliphatic carbocycles. The van der Waals surface area contributed by atoms with Crippen molar-refractivity contribution < 1.29 is 0 Å². The van der Waals surface area contributed by atoms with Crippen LogP contribution in [-0.4, -0.2) is 21.5 Å². The average molecular weight is 369 g/mol. The Bertz CT molecular complexity index is 915. The monoisotopic (exact) mass is 368 g/mol. The number of aromatic nitrogens is 3. The fourth-order valence-corrected chi connectivity index (χ4v) is 5.18. The highest BCUT2D eigenvalue weighted by molar-refractivity contribution is 7.26. The van der Waals surface area contributed by atoms with Crippen molar-refractivity contribution >= 4 is 37.6 Å². The van der Waals surface area contributed by atoms with E-state index in [2.05, 4.69) is 29.1 Å². The molecule has 0 amide bonds. The van der Waals surface area contributed by atoms with Gasteiger partial charge >= 0.3 is 0 Å². The van der Waals surface area contributed by atoms with Crippen LogP contribution in [0.4, 0.5) is 5.82 Å². The van der Waals surface area contributed by atoms with E-state index in [1.807, 2.05) is 0 Å². The summed E-state index contributed by atoms with van der Waals surface area (Å²) in [7, 11) is 0. The van der Waals surface area contributed by atoms with Gasteiger partial charge in [0.1, 0.15) is 17.0 Å². The number of aryl methyl sites for hydroxylation is 2. The second-order valence-corrected chi connectivity index (χ2v) is 8.29. The summed E-state index contributed by atoms with van der Waals surface area (Å²) in [6.45, 7) is 5.46. The van der Waals surface area contributed by atoms with E-state index in [-0.39, 0.29) is 0 Å². The minimum atomic E-state index is 0.974. The lowest BCUT2D eigenvalue weighted by atomic mass is 10.0. The van der Waals surface area contributed by atoms with Crippen LogP contribution in [0.1, 0.15) is 69.2 Å². The van der Waals surface area contributed by atoms with Crippen molar-refractivity contribution in [1.82, 2.24) is 15.0 Å². The van der Waals surface area contributed by atoms with Crippen molar-refractivity contribution in [3.8, 4) is 0 Å². The molecule has 138 valence electrons. The van der Waals surface area contributed by atoms with Gasteiger partial charge in [-0.2, -0.15) is 0 Å². The summed E-state index contributed by atoms with van der Waals surface area (Å²) in [5.74, 6) is 0.982. The Hall–Kier alpha value is -1.75. The summed E-state index contributed by atoms with van der Waals surface area (Å²) in [6, 6.07) is 0. The molecule has 0 spiro atoms. The number of hydrogen-bond acceptors (Lipinski definition) is 5. The Morgan fingerprint density at radius 1 is 1.04 bits per heavy atom. The molecule has 3 aromatic heterocycles. The van der Waals surface area contributed by atoms with Crippen LogP contribution in [0.3, 0.4) is 0 Å². The molecule has 0 saturated carbocycles. The molecule has 0 fully saturated rings. The molecule has 3 heterocycles. The van der Waals surface area contributed by atoms with E-state index in [1.165, 1.54) is 78.3 Å². The molecule has 0 atom stereocenters. The van der Waals surface area contributed by atoms with Crippen LogP contribution >= 0.6 is 11.3 Å². The molecule has 4 rings (SSSR count). The molecule has 4 nitrogen and oxygen atoms in total. The zero-order valence-corrected chi connectivity index (χ0v) is 16.7. The van der Waals surface area contributed by atoms with Gasteiger partial charge in [-0.05, 0) is 49.7 Å². The van der Waals surface area contributed by atoms with Crippen LogP contribution in [0.15, 0.2) is 6.33 Å². The lowest BCUT2D eigenvalue weighted by Gasteiger charge is -2.08. The van der Waals surface area contributed by atoms with Gasteiger partial charge in [0, 0.05) is 17.6 Å². The molecular formula is C21H28N4S. The standard InChI is InChI=1S/C21H28N4S/c1-3-5-7-12-22-20-19-18(23-13-24-20)17-15-10-8-9-14(15)16(11-6-4-2)25-21(17)26-19/h13H,3-12H2,1-2H3,(H,22,23,24). The Labute approximate surface area is 159 Å². The molecule has 0 radical (unpaired) electrons. The largest absolute Gasteiger partial charge is 0.369 e. The van der Waals surface area contributed by atoms with Gasteiger partial charge in [-0.3, -0.25) is 0 Å². The van der Waals surface area contributed by atoms with Crippen LogP contribution < -0.4 is 5.32 Å². The summed E-state index contributed by atoms with van der Waals surface area (Å²) in [4.78, 5) is 15.4. The van der Waals surface area contributed by atoms with Gasteiger partial charge in [0.2, 0.25) is 0 Å². The smallest absolute Gasteiger partial charge is 0.147 e. The Morgan fingerprint density at radius 3 is 2.73 bits per heavy atom. The first-order chi connectivity index (χ1) is 12.8. The molecule has 5 heteroatoms. The fraction of sp³-hybridized carbons (Fsp3) is 0.571. The summed E-state index contributed by atoms with van der Waals surface area (Å²) in [6.07, 6.45) is 12.5. The molecule has 1 N–H and O–H groups in total. The van der Waals surface area contributed by atoms with Crippen LogP contribution in [0, 0.1) is 0 Å². The highest BCUT2D eigenvalue weighted by Gasteiger charge is 2.23. The van der Waals surface area contributed by atoms with Crippen LogP contribution in [0.25, 0.3) is 20.4 Å². The topological polar surface area (TPSA) is 50.7 Å². The van der Waals surface area contributed by atoms with Gasteiger partial charge in [-0.1, -0.05) is 33.1 Å². The molecule has 0 bridgehead atoms. The molecule has 1 aliphatic rings. The number of thiophene rings is 1. The third kappa shape index (κ3) is 3.18. The van der Waals surface area contributed by atoms with E-state index in [4.69, 9.17) is 4.98 Å². The predicted molar refractivity (Wildman–Crippen MR) is 111 cm³/mol. The lowest BCUT2D eigenvalue weighted by molar-refractivity contribution is 0.743.